The van der Waals surface area contributed by atoms with Gasteiger partial charge in [-0.25, -0.2) is 14.4 Å². The minimum Gasteiger partial charge on any atom is -0.504 e. The molecule has 1 atom stereocenters. The van der Waals surface area contributed by atoms with E-state index in [0.29, 0.717) is 16.9 Å². The van der Waals surface area contributed by atoms with E-state index in [9.17, 15) is 19.5 Å². The van der Waals surface area contributed by atoms with Crippen LogP contribution < -0.4 is 20.1 Å². The molecule has 2 aromatic carbocycles. The summed E-state index contributed by atoms with van der Waals surface area (Å²) in [6, 6.07) is 10.0. The molecule has 3 N–H and O–H groups in total. The summed E-state index contributed by atoms with van der Waals surface area (Å²) in [5.41, 5.74) is 1.45. The number of methoxy groups -OCH3 is 2. The van der Waals surface area contributed by atoms with Gasteiger partial charge in [0.1, 0.15) is 12.4 Å². The molecular weight excluding hydrogens is 456 g/mol. The van der Waals surface area contributed by atoms with Crippen LogP contribution in [0, 0.1) is 0 Å². The number of esters is 2. The molecule has 2 amide bonds. The van der Waals surface area contributed by atoms with E-state index >= 15 is 0 Å². The van der Waals surface area contributed by atoms with Crippen LogP contribution in [0.4, 0.5) is 4.79 Å². The van der Waals surface area contributed by atoms with Gasteiger partial charge in [-0.3, -0.25) is 0 Å². The molecule has 1 unspecified atom stereocenters. The lowest BCUT2D eigenvalue weighted by Gasteiger charge is -2.29. The van der Waals surface area contributed by atoms with Gasteiger partial charge in [-0.2, -0.15) is 0 Å². The average molecular weight is 482 g/mol. The van der Waals surface area contributed by atoms with Crippen molar-refractivity contribution in [2.75, 3.05) is 27.4 Å². The van der Waals surface area contributed by atoms with Crippen molar-refractivity contribution in [2.45, 2.75) is 13.0 Å². The van der Waals surface area contributed by atoms with Crippen LogP contribution >= 0.6 is 0 Å². The van der Waals surface area contributed by atoms with Crippen molar-refractivity contribution in [3.05, 3.63) is 70.9 Å². The molecule has 0 saturated heterocycles. The summed E-state index contributed by atoms with van der Waals surface area (Å²) < 4.78 is 20.7. The second-order valence-corrected chi connectivity index (χ2v) is 7.29. The Morgan fingerprint density at radius 2 is 1.80 bits per heavy atom. The minimum absolute atomic E-state index is 0.0290. The van der Waals surface area contributed by atoms with Gasteiger partial charge < -0.3 is 34.7 Å². The highest BCUT2D eigenvalue weighted by Crippen LogP contribution is 2.29. The zero-order valence-electron chi connectivity index (χ0n) is 19.5. The molecule has 0 saturated carbocycles. The molecule has 1 aliphatic rings. The number of benzene rings is 2. The number of aromatic hydroxyl groups is 1. The summed E-state index contributed by atoms with van der Waals surface area (Å²) in [7, 11) is 2.95. The predicted molar refractivity (Wildman–Crippen MR) is 126 cm³/mol. The van der Waals surface area contributed by atoms with Crippen LogP contribution in [0.15, 0.2) is 59.8 Å². The molecule has 2 aromatic rings. The fourth-order valence-electron chi connectivity index (χ4n) is 3.38. The third-order valence-corrected chi connectivity index (χ3v) is 5.07. The zero-order valence-corrected chi connectivity index (χ0v) is 19.5. The first-order valence-electron chi connectivity index (χ1n) is 10.7. The number of rotatable bonds is 9. The highest BCUT2D eigenvalue weighted by atomic mass is 16.5. The molecule has 1 aliphatic heterocycles. The Hall–Kier alpha value is -4.47. The van der Waals surface area contributed by atoms with Gasteiger partial charge in [-0.15, -0.1) is 0 Å². The van der Waals surface area contributed by atoms with Crippen LogP contribution in [0.25, 0.3) is 6.08 Å². The largest absolute Gasteiger partial charge is 0.504 e. The summed E-state index contributed by atoms with van der Waals surface area (Å²) in [5.74, 6) is -0.520. The van der Waals surface area contributed by atoms with Gasteiger partial charge in [-0.1, -0.05) is 18.2 Å². The van der Waals surface area contributed by atoms with Gasteiger partial charge in [0.25, 0.3) is 0 Å². The zero-order chi connectivity index (χ0) is 25.4. The fraction of sp³-hybridized carbons (Fsp3) is 0.240. The Balaban J connectivity index is 1.82. The first-order valence-corrected chi connectivity index (χ1v) is 10.7. The van der Waals surface area contributed by atoms with E-state index in [4.69, 9.17) is 18.9 Å². The molecule has 3 rings (SSSR count). The molecule has 10 nitrogen and oxygen atoms in total. The second-order valence-electron chi connectivity index (χ2n) is 7.29. The summed E-state index contributed by atoms with van der Waals surface area (Å²) in [5, 5.41) is 14.9. The maximum Gasteiger partial charge on any atom is 0.338 e. The molecule has 0 fully saturated rings. The van der Waals surface area contributed by atoms with E-state index in [-0.39, 0.29) is 36.0 Å². The first kappa shape index (κ1) is 25.2. The summed E-state index contributed by atoms with van der Waals surface area (Å²) in [4.78, 5) is 37.4. The maximum absolute atomic E-state index is 12.8. The number of nitrogens with one attached hydrogen (secondary N) is 2. The number of hydrogen-bond donors (Lipinski definition) is 3. The van der Waals surface area contributed by atoms with E-state index in [2.05, 4.69) is 10.6 Å². The predicted octanol–water partition coefficient (Wildman–Crippen LogP) is 2.84. The molecule has 0 radical (unpaired) electrons. The average Bonchev–Trinajstić information content (AvgIpc) is 2.86. The smallest absolute Gasteiger partial charge is 0.338 e. The lowest BCUT2D eigenvalue weighted by Crippen LogP contribution is -2.47. The van der Waals surface area contributed by atoms with E-state index in [1.54, 1.807) is 43.3 Å². The van der Waals surface area contributed by atoms with Gasteiger partial charge in [0.2, 0.25) is 0 Å². The van der Waals surface area contributed by atoms with Gasteiger partial charge in [0.15, 0.2) is 11.5 Å². The number of phenolic OH excluding ortho intramolecular Hbond substituents is 1. The number of carbonyl (C=O) groups excluding carboxylic acids is 3. The molecular formula is C25H26N2O8. The van der Waals surface area contributed by atoms with Crippen LogP contribution in [-0.4, -0.2) is 50.5 Å². The highest BCUT2D eigenvalue weighted by molar-refractivity contribution is 5.95. The van der Waals surface area contributed by atoms with Crippen molar-refractivity contribution < 1.29 is 38.4 Å². The molecule has 0 aromatic heterocycles. The van der Waals surface area contributed by atoms with Gasteiger partial charge in [0, 0.05) is 6.08 Å². The van der Waals surface area contributed by atoms with Crippen LogP contribution in [0.3, 0.4) is 0 Å². The molecule has 0 aliphatic carbocycles. The van der Waals surface area contributed by atoms with Crippen molar-refractivity contribution in [2.24, 2.45) is 0 Å². The minimum atomic E-state index is -0.817. The van der Waals surface area contributed by atoms with Crippen LogP contribution in [0.1, 0.15) is 24.1 Å². The van der Waals surface area contributed by atoms with E-state index in [1.165, 1.54) is 32.4 Å². The third-order valence-electron chi connectivity index (χ3n) is 5.07. The molecule has 0 spiro atoms. The quantitative estimate of drug-likeness (QED) is 0.367. The Kier molecular flexibility index (Phi) is 8.33. The summed E-state index contributed by atoms with van der Waals surface area (Å²) in [6.45, 7) is 1.42. The molecule has 184 valence electrons. The highest BCUT2D eigenvalue weighted by Gasteiger charge is 2.34. The standard InChI is InChI=1S/C25H26N2O8/c1-4-34-24(30)22-18(26-25(31)27-23(22)16-7-9-17(32-2)10-8-16)14-35-21(29)12-6-15-5-11-19(28)20(13-15)33-3/h5-13,23,28H,4,14H2,1-3H3,(H2,26,27,31)/b12-6+. The van der Waals surface area contributed by atoms with E-state index in [1.807, 2.05) is 0 Å². The summed E-state index contributed by atoms with van der Waals surface area (Å²) in [6.07, 6.45) is 2.66. The maximum atomic E-state index is 12.8. The first-order chi connectivity index (χ1) is 16.9. The van der Waals surface area contributed by atoms with Gasteiger partial charge >= 0.3 is 18.0 Å². The third kappa shape index (κ3) is 6.32. The lowest BCUT2D eigenvalue weighted by molar-refractivity contribution is -0.140. The van der Waals surface area contributed by atoms with Crippen molar-refractivity contribution in [3.8, 4) is 17.2 Å². The van der Waals surface area contributed by atoms with Gasteiger partial charge in [0.05, 0.1) is 38.1 Å². The topological polar surface area (TPSA) is 132 Å². The van der Waals surface area contributed by atoms with E-state index in [0.717, 1.165) is 0 Å². The number of ether oxygens (including phenoxy) is 4. The molecule has 1 heterocycles. The molecule has 35 heavy (non-hydrogen) atoms. The number of urea groups is 1. The number of phenols is 1. The number of amides is 2. The normalized spacial score (nSPS) is 15.3. The molecule has 0 bridgehead atoms. The Morgan fingerprint density at radius 3 is 2.46 bits per heavy atom. The molecule has 10 heteroatoms. The van der Waals surface area contributed by atoms with Crippen LogP contribution in [0.2, 0.25) is 0 Å². The summed E-state index contributed by atoms with van der Waals surface area (Å²) >= 11 is 0. The van der Waals surface area contributed by atoms with Crippen molar-refractivity contribution in [1.29, 1.82) is 0 Å². The monoisotopic (exact) mass is 482 g/mol. The van der Waals surface area contributed by atoms with Crippen molar-refractivity contribution in [1.82, 2.24) is 10.6 Å². The number of hydrogen-bond acceptors (Lipinski definition) is 8. The lowest BCUT2D eigenvalue weighted by atomic mass is 9.95. The van der Waals surface area contributed by atoms with Crippen LogP contribution in [-0.2, 0) is 19.1 Å². The second kappa shape index (κ2) is 11.6. The number of carbonyl (C=O) groups is 3. The van der Waals surface area contributed by atoms with Crippen LogP contribution in [0.5, 0.6) is 17.2 Å². The van der Waals surface area contributed by atoms with Gasteiger partial charge in [-0.05, 0) is 48.4 Å². The Bertz CT molecular complexity index is 1150. The fourth-order valence-corrected chi connectivity index (χ4v) is 3.38. The van der Waals surface area contributed by atoms with Crippen molar-refractivity contribution in [3.63, 3.8) is 0 Å². The Morgan fingerprint density at radius 1 is 1.06 bits per heavy atom. The Labute approximate surface area is 202 Å². The van der Waals surface area contributed by atoms with E-state index < -0.39 is 24.0 Å². The SMILES string of the molecule is CCOC(=O)C1=C(COC(=O)/C=C/c2ccc(O)c(OC)c2)NC(=O)NC1c1ccc(OC)cc1. The van der Waals surface area contributed by atoms with Crippen molar-refractivity contribution >= 4 is 24.0 Å².